The van der Waals surface area contributed by atoms with Crippen LogP contribution in [0.4, 0.5) is 23.1 Å². The molecule has 166 valence electrons. The van der Waals surface area contributed by atoms with Gasteiger partial charge in [-0.3, -0.25) is 14.5 Å². The zero-order chi connectivity index (χ0) is 22.4. The molecule has 1 aliphatic rings. The van der Waals surface area contributed by atoms with E-state index < -0.39 is 6.23 Å². The van der Waals surface area contributed by atoms with E-state index in [0.29, 0.717) is 41.2 Å². The van der Waals surface area contributed by atoms with Gasteiger partial charge in [-0.2, -0.15) is 4.98 Å². The lowest BCUT2D eigenvalue weighted by Crippen LogP contribution is -2.43. The number of hydrogen-bond donors (Lipinski definition) is 4. The maximum atomic E-state index is 12.1. The molecule has 1 aromatic heterocycles. The first-order chi connectivity index (χ1) is 14.8. The van der Waals surface area contributed by atoms with Gasteiger partial charge in [-0.15, -0.1) is 0 Å². The number of aromatic nitrogens is 2. The summed E-state index contributed by atoms with van der Waals surface area (Å²) in [7, 11) is 0. The minimum Gasteiger partial charge on any atom is -0.379 e. The number of carbonyl (C=O) groups excluding carboxylic acids is 2. The fourth-order valence-corrected chi connectivity index (χ4v) is 3.69. The molecule has 0 saturated carbocycles. The van der Waals surface area contributed by atoms with Crippen LogP contribution in [0.3, 0.4) is 0 Å². The van der Waals surface area contributed by atoms with Crippen molar-refractivity contribution in [2.45, 2.75) is 39.8 Å². The molecule has 9 heteroatoms. The van der Waals surface area contributed by atoms with E-state index in [9.17, 15) is 14.7 Å². The topological polar surface area (TPSA) is 119 Å². The number of amides is 1. The van der Waals surface area contributed by atoms with Gasteiger partial charge >= 0.3 is 0 Å². The van der Waals surface area contributed by atoms with Gasteiger partial charge in [0.2, 0.25) is 11.9 Å². The van der Waals surface area contributed by atoms with Crippen LogP contribution in [-0.4, -0.2) is 57.5 Å². The molecule has 1 aromatic carbocycles. The molecular formula is C22H30N6O3. The van der Waals surface area contributed by atoms with Crippen LogP contribution in [0.25, 0.3) is 0 Å². The Morgan fingerprint density at radius 1 is 1.29 bits per heavy atom. The minimum atomic E-state index is -0.460. The fraction of sp³-hybridized carbons (Fsp3) is 0.455. The average Bonchev–Trinajstić information content (AvgIpc) is 2.72. The van der Waals surface area contributed by atoms with Crippen molar-refractivity contribution in [1.29, 1.82) is 0 Å². The summed E-state index contributed by atoms with van der Waals surface area (Å²) in [5.74, 6) is 0.918. The number of benzene rings is 1. The minimum absolute atomic E-state index is 0.115. The van der Waals surface area contributed by atoms with Gasteiger partial charge in [0.15, 0.2) is 5.78 Å². The van der Waals surface area contributed by atoms with Crippen LogP contribution in [0.15, 0.2) is 30.5 Å². The Balaban J connectivity index is 1.72. The van der Waals surface area contributed by atoms with Crippen molar-refractivity contribution in [3.8, 4) is 0 Å². The molecule has 0 spiro atoms. The van der Waals surface area contributed by atoms with Crippen LogP contribution in [-0.2, 0) is 4.79 Å². The smallest absolute Gasteiger partial charge is 0.229 e. The SMILES string of the molecule is CC(=O)Nc1cccc(Nc2ncc(C(C)=O)c(NCC3CCCN(C(C)O)C3)n2)c1. The van der Waals surface area contributed by atoms with Crippen molar-refractivity contribution >= 4 is 34.8 Å². The zero-order valence-corrected chi connectivity index (χ0v) is 18.2. The second kappa shape index (κ2) is 10.3. The lowest BCUT2D eigenvalue weighted by molar-refractivity contribution is -0.114. The Bertz CT molecular complexity index is 933. The van der Waals surface area contributed by atoms with Gasteiger partial charge in [0.1, 0.15) is 12.0 Å². The number of nitrogens with one attached hydrogen (secondary N) is 3. The van der Waals surface area contributed by atoms with E-state index in [1.165, 1.54) is 20.0 Å². The molecule has 1 saturated heterocycles. The van der Waals surface area contributed by atoms with Crippen molar-refractivity contribution < 1.29 is 14.7 Å². The van der Waals surface area contributed by atoms with Gasteiger partial charge in [0, 0.05) is 44.1 Å². The van der Waals surface area contributed by atoms with Crippen LogP contribution in [0.1, 0.15) is 44.0 Å². The number of aliphatic hydroxyl groups is 1. The largest absolute Gasteiger partial charge is 0.379 e. The molecule has 3 rings (SSSR count). The number of ketones is 1. The maximum absolute atomic E-state index is 12.1. The molecule has 4 N–H and O–H groups in total. The van der Waals surface area contributed by atoms with Crippen LogP contribution < -0.4 is 16.0 Å². The highest BCUT2D eigenvalue weighted by Crippen LogP contribution is 2.23. The number of rotatable bonds is 8. The van der Waals surface area contributed by atoms with Gasteiger partial charge in [-0.05, 0) is 50.8 Å². The fourth-order valence-electron chi connectivity index (χ4n) is 3.69. The van der Waals surface area contributed by atoms with Crippen molar-refractivity contribution in [2.75, 3.05) is 35.6 Å². The van der Waals surface area contributed by atoms with E-state index in [4.69, 9.17) is 0 Å². The van der Waals surface area contributed by atoms with Crippen molar-refractivity contribution in [3.63, 3.8) is 0 Å². The number of carbonyl (C=O) groups is 2. The zero-order valence-electron chi connectivity index (χ0n) is 18.2. The molecular weight excluding hydrogens is 396 g/mol. The highest BCUT2D eigenvalue weighted by Gasteiger charge is 2.23. The summed E-state index contributed by atoms with van der Waals surface area (Å²) < 4.78 is 0. The maximum Gasteiger partial charge on any atom is 0.229 e. The van der Waals surface area contributed by atoms with Crippen LogP contribution >= 0.6 is 0 Å². The first kappa shape index (κ1) is 22.6. The predicted molar refractivity (Wildman–Crippen MR) is 121 cm³/mol. The quantitative estimate of drug-likeness (QED) is 0.476. The Morgan fingerprint density at radius 3 is 2.77 bits per heavy atom. The summed E-state index contributed by atoms with van der Waals surface area (Å²) in [6.07, 6.45) is 3.13. The molecule has 2 heterocycles. The van der Waals surface area contributed by atoms with Gasteiger partial charge in [0.05, 0.1) is 5.56 Å². The third kappa shape index (κ3) is 6.47. The molecule has 2 atom stereocenters. The Kier molecular flexibility index (Phi) is 7.54. The molecule has 1 amide bonds. The highest BCUT2D eigenvalue weighted by atomic mass is 16.3. The standard InChI is InChI=1S/C22H30N6O3/c1-14(29)20-12-24-22(26-19-8-4-7-18(10-19)25-15(2)30)27-21(20)23-11-17-6-5-9-28(13-17)16(3)31/h4,7-8,10,12,16-17,31H,5-6,9,11,13H2,1-3H3,(H,25,30)(H2,23,24,26,27). The summed E-state index contributed by atoms with van der Waals surface area (Å²) >= 11 is 0. The van der Waals surface area contributed by atoms with Crippen molar-refractivity contribution in [3.05, 3.63) is 36.0 Å². The van der Waals surface area contributed by atoms with E-state index in [0.717, 1.165) is 25.9 Å². The van der Waals surface area contributed by atoms with Gasteiger partial charge < -0.3 is 21.1 Å². The molecule has 1 fully saturated rings. The average molecular weight is 427 g/mol. The summed E-state index contributed by atoms with van der Waals surface area (Å²) in [4.78, 5) is 34.2. The summed E-state index contributed by atoms with van der Waals surface area (Å²) in [5, 5.41) is 19.0. The lowest BCUT2D eigenvalue weighted by Gasteiger charge is -2.34. The number of aliphatic hydroxyl groups excluding tert-OH is 1. The van der Waals surface area contributed by atoms with Crippen LogP contribution in [0.2, 0.25) is 0 Å². The van der Waals surface area contributed by atoms with E-state index in [1.54, 1.807) is 19.1 Å². The molecule has 1 aliphatic heterocycles. The number of nitrogens with zero attached hydrogens (tertiary/aromatic N) is 3. The first-order valence-corrected chi connectivity index (χ1v) is 10.5. The van der Waals surface area contributed by atoms with Crippen molar-refractivity contribution in [1.82, 2.24) is 14.9 Å². The van der Waals surface area contributed by atoms with E-state index in [-0.39, 0.29) is 11.7 Å². The lowest BCUT2D eigenvalue weighted by atomic mass is 9.98. The van der Waals surface area contributed by atoms with Crippen molar-refractivity contribution in [2.24, 2.45) is 5.92 Å². The Hall–Kier alpha value is -3.04. The number of piperidine rings is 1. The summed E-state index contributed by atoms with van der Waals surface area (Å²) in [6.45, 7) is 7.07. The number of anilines is 4. The highest BCUT2D eigenvalue weighted by molar-refractivity contribution is 5.98. The second-order valence-corrected chi connectivity index (χ2v) is 7.92. The molecule has 9 nitrogen and oxygen atoms in total. The number of Topliss-reactive ketones (excluding diaryl/α,β-unsaturated/α-hetero) is 1. The molecule has 0 radical (unpaired) electrons. The normalized spacial score (nSPS) is 17.6. The summed E-state index contributed by atoms with van der Waals surface area (Å²) in [6, 6.07) is 7.23. The van der Waals surface area contributed by atoms with E-state index in [2.05, 4.69) is 30.8 Å². The third-order valence-corrected chi connectivity index (χ3v) is 5.24. The molecule has 2 unspecified atom stereocenters. The van der Waals surface area contributed by atoms with Crippen LogP contribution in [0, 0.1) is 5.92 Å². The Labute approximate surface area is 182 Å². The number of likely N-dealkylation sites (tertiary alicyclic amines) is 1. The van der Waals surface area contributed by atoms with E-state index in [1.807, 2.05) is 12.1 Å². The predicted octanol–water partition coefficient (Wildman–Crippen LogP) is 2.84. The van der Waals surface area contributed by atoms with Gasteiger partial charge in [-0.1, -0.05) is 6.07 Å². The molecule has 0 bridgehead atoms. The molecule has 0 aliphatic carbocycles. The second-order valence-electron chi connectivity index (χ2n) is 7.92. The monoisotopic (exact) mass is 426 g/mol. The van der Waals surface area contributed by atoms with Gasteiger partial charge in [-0.25, -0.2) is 4.98 Å². The summed E-state index contributed by atoms with van der Waals surface area (Å²) in [5.41, 5.74) is 1.81. The van der Waals surface area contributed by atoms with E-state index >= 15 is 0 Å². The first-order valence-electron chi connectivity index (χ1n) is 10.5. The molecule has 31 heavy (non-hydrogen) atoms. The third-order valence-electron chi connectivity index (χ3n) is 5.24. The molecule has 2 aromatic rings. The van der Waals surface area contributed by atoms with Crippen LogP contribution in [0.5, 0.6) is 0 Å². The van der Waals surface area contributed by atoms with Gasteiger partial charge in [0.25, 0.3) is 0 Å². The Morgan fingerprint density at radius 2 is 2.06 bits per heavy atom. The number of hydrogen-bond acceptors (Lipinski definition) is 8.